The third kappa shape index (κ3) is 5.24. The maximum Gasteiger partial charge on any atom is 0.257 e. The lowest BCUT2D eigenvalue weighted by molar-refractivity contribution is -0.181. The van der Waals surface area contributed by atoms with E-state index >= 15 is 0 Å². The molecule has 1 amide bonds. The number of anilines is 1. The van der Waals surface area contributed by atoms with E-state index < -0.39 is 15.8 Å². The van der Waals surface area contributed by atoms with Gasteiger partial charge in [0.25, 0.3) is 5.91 Å². The number of piperidine rings is 1. The van der Waals surface area contributed by atoms with Crippen LogP contribution in [0.3, 0.4) is 0 Å². The number of aromatic nitrogens is 2. The second kappa shape index (κ2) is 10.8. The maximum absolute atomic E-state index is 13.6. The lowest BCUT2D eigenvalue weighted by atomic mass is 10.0. The van der Waals surface area contributed by atoms with E-state index in [1.165, 1.54) is 11.4 Å². The minimum absolute atomic E-state index is 0.0199. The highest BCUT2D eigenvalue weighted by molar-refractivity contribution is 7.89. The molecule has 2 N–H and O–H groups in total. The van der Waals surface area contributed by atoms with Gasteiger partial charge in [-0.25, -0.2) is 18.4 Å². The first-order valence-corrected chi connectivity index (χ1v) is 15.1. The molecule has 3 saturated heterocycles. The Morgan fingerprint density at radius 2 is 1.71 bits per heavy atom. The number of fused-ring (bicyclic) bond motifs is 1. The SMILES string of the molecule is COc1ncc(-c2ccc3nc(N)c(C(=O)N4CCC5(CC4)OCCO5)cc3c2)cc1S(=O)(=O)N1CCN(C)CC1. The topological polar surface area (TPSA) is 140 Å². The Kier molecular flexibility index (Phi) is 7.32. The number of likely N-dealkylation sites (tertiary alicyclic amines) is 1. The third-order valence-electron chi connectivity index (χ3n) is 8.13. The molecule has 1 spiro atoms. The number of likely N-dealkylation sites (N-methyl/N-ethyl adjacent to an activating group) is 1. The first kappa shape index (κ1) is 27.8. The Labute approximate surface area is 239 Å². The van der Waals surface area contributed by atoms with Crippen LogP contribution in [0.15, 0.2) is 41.4 Å². The zero-order valence-electron chi connectivity index (χ0n) is 23.2. The van der Waals surface area contributed by atoms with Crippen LogP contribution in [0.1, 0.15) is 23.2 Å². The summed E-state index contributed by atoms with van der Waals surface area (Å²) in [4.78, 5) is 26.1. The van der Waals surface area contributed by atoms with E-state index in [1.807, 2.05) is 19.2 Å². The average Bonchev–Trinajstić information content (AvgIpc) is 3.44. The summed E-state index contributed by atoms with van der Waals surface area (Å²) in [7, 11) is -0.447. The van der Waals surface area contributed by atoms with Gasteiger partial charge < -0.3 is 29.7 Å². The average molecular weight is 583 g/mol. The number of pyridine rings is 2. The summed E-state index contributed by atoms with van der Waals surface area (Å²) >= 11 is 0. The van der Waals surface area contributed by atoms with Crippen LogP contribution in [0.4, 0.5) is 5.82 Å². The maximum atomic E-state index is 13.6. The van der Waals surface area contributed by atoms with E-state index in [2.05, 4.69) is 14.9 Å². The van der Waals surface area contributed by atoms with E-state index in [9.17, 15) is 13.2 Å². The number of nitrogens with two attached hydrogens (primary N) is 1. The van der Waals surface area contributed by atoms with Crippen molar-refractivity contribution in [2.75, 3.05) is 72.4 Å². The van der Waals surface area contributed by atoms with Gasteiger partial charge in [-0.3, -0.25) is 4.79 Å². The zero-order valence-corrected chi connectivity index (χ0v) is 24.0. The van der Waals surface area contributed by atoms with E-state index in [0.717, 1.165) is 5.56 Å². The highest BCUT2D eigenvalue weighted by atomic mass is 32.2. The number of hydrogen-bond acceptors (Lipinski definition) is 10. The lowest BCUT2D eigenvalue weighted by Crippen LogP contribution is -2.47. The van der Waals surface area contributed by atoms with Crippen LogP contribution in [0.5, 0.6) is 5.88 Å². The molecule has 0 atom stereocenters. The fraction of sp³-hybridized carbons (Fsp3) is 0.464. The second-order valence-electron chi connectivity index (χ2n) is 10.7. The highest BCUT2D eigenvalue weighted by Crippen LogP contribution is 2.34. The summed E-state index contributed by atoms with van der Waals surface area (Å²) in [6.45, 7) is 4.23. The van der Waals surface area contributed by atoms with Crippen molar-refractivity contribution in [1.82, 2.24) is 24.1 Å². The molecule has 5 heterocycles. The predicted molar refractivity (Wildman–Crippen MR) is 152 cm³/mol. The molecule has 3 aliphatic rings. The van der Waals surface area contributed by atoms with E-state index in [-0.39, 0.29) is 22.5 Å². The molecule has 0 aliphatic carbocycles. The number of sulfonamides is 1. The van der Waals surface area contributed by atoms with E-state index in [1.54, 1.807) is 29.3 Å². The smallest absolute Gasteiger partial charge is 0.257 e. The van der Waals surface area contributed by atoms with Gasteiger partial charge in [-0.1, -0.05) is 6.07 Å². The monoisotopic (exact) mass is 582 g/mol. The Hall–Kier alpha value is -3.36. The van der Waals surface area contributed by atoms with Crippen LogP contribution < -0.4 is 10.5 Å². The van der Waals surface area contributed by atoms with Crippen molar-refractivity contribution < 1.29 is 27.4 Å². The molecular formula is C28H34N6O6S. The predicted octanol–water partition coefficient (Wildman–Crippen LogP) is 1.80. The number of carbonyl (C=O) groups excluding carboxylic acids is 1. The van der Waals surface area contributed by atoms with Crippen LogP contribution in [0, 0.1) is 0 Å². The molecule has 3 aromatic rings. The molecule has 0 saturated carbocycles. The summed E-state index contributed by atoms with van der Waals surface area (Å²) in [5.74, 6) is -0.563. The number of benzene rings is 1. The van der Waals surface area contributed by atoms with Gasteiger partial charge in [0.1, 0.15) is 10.7 Å². The quantitative estimate of drug-likeness (QED) is 0.474. The van der Waals surface area contributed by atoms with Crippen LogP contribution >= 0.6 is 0 Å². The highest BCUT2D eigenvalue weighted by Gasteiger charge is 2.41. The molecule has 3 fully saturated rings. The number of amides is 1. The number of nitrogen functional groups attached to an aromatic ring is 1. The number of piperazine rings is 1. The van der Waals surface area contributed by atoms with Crippen molar-refractivity contribution in [3.8, 4) is 17.0 Å². The minimum atomic E-state index is -3.82. The molecule has 6 rings (SSSR count). The van der Waals surface area contributed by atoms with Crippen LogP contribution in [0.2, 0.25) is 0 Å². The summed E-state index contributed by atoms with van der Waals surface area (Å²) < 4.78 is 45.5. The van der Waals surface area contributed by atoms with E-state index in [4.69, 9.17) is 19.9 Å². The lowest BCUT2D eigenvalue weighted by Gasteiger charge is -2.37. The molecular weight excluding hydrogens is 548 g/mol. The molecule has 3 aliphatic heterocycles. The van der Waals surface area contributed by atoms with Gasteiger partial charge in [0.05, 0.1) is 31.4 Å². The minimum Gasteiger partial charge on any atom is -0.480 e. The second-order valence-corrected chi connectivity index (χ2v) is 12.6. The van der Waals surface area contributed by atoms with Crippen LogP contribution in [0.25, 0.3) is 22.0 Å². The molecule has 0 bridgehead atoms. The Balaban J connectivity index is 1.30. The van der Waals surface area contributed by atoms with Crippen LogP contribution in [-0.2, 0) is 19.5 Å². The number of hydrogen-bond donors (Lipinski definition) is 1. The molecule has 218 valence electrons. The summed E-state index contributed by atoms with van der Waals surface area (Å²) in [5.41, 5.74) is 8.51. The van der Waals surface area contributed by atoms with Gasteiger partial charge in [-0.05, 0) is 36.9 Å². The van der Waals surface area contributed by atoms with Gasteiger partial charge in [0.15, 0.2) is 5.79 Å². The van der Waals surface area contributed by atoms with Crippen molar-refractivity contribution in [2.45, 2.75) is 23.5 Å². The van der Waals surface area contributed by atoms with E-state index in [0.29, 0.717) is 87.4 Å². The zero-order chi connectivity index (χ0) is 28.8. The molecule has 0 unspecified atom stereocenters. The standard InChI is InChI=1S/C28H34N6O6S/c1-32-9-11-34(12-10-32)41(36,37)24-17-21(18-30-26(24)38-2)19-3-4-23-20(15-19)16-22(25(29)31-23)27(35)33-7-5-28(6-8-33)39-13-14-40-28/h3-4,15-18H,5-14H2,1-2H3,(H2,29,31). The number of methoxy groups -OCH3 is 1. The van der Waals surface area contributed by atoms with Crippen molar-refractivity contribution in [1.29, 1.82) is 0 Å². The number of nitrogens with zero attached hydrogens (tertiary/aromatic N) is 5. The Bertz CT molecular complexity index is 1570. The van der Waals surface area contributed by atoms with Crippen molar-refractivity contribution in [3.05, 3.63) is 42.1 Å². The number of carbonyl (C=O) groups is 1. The van der Waals surface area contributed by atoms with Gasteiger partial charge in [-0.2, -0.15) is 4.31 Å². The molecule has 12 nitrogen and oxygen atoms in total. The first-order valence-electron chi connectivity index (χ1n) is 13.7. The normalized spacial score (nSPS) is 20.1. The van der Waals surface area contributed by atoms with Gasteiger partial charge in [0, 0.05) is 69.3 Å². The molecule has 13 heteroatoms. The van der Waals surface area contributed by atoms with Gasteiger partial charge >= 0.3 is 0 Å². The van der Waals surface area contributed by atoms with Gasteiger partial charge in [0.2, 0.25) is 15.9 Å². The molecule has 2 aromatic heterocycles. The number of rotatable bonds is 5. The van der Waals surface area contributed by atoms with Crippen LogP contribution in [-0.4, -0.2) is 111 Å². The molecule has 41 heavy (non-hydrogen) atoms. The summed E-state index contributed by atoms with van der Waals surface area (Å²) in [6, 6.07) is 8.83. The largest absolute Gasteiger partial charge is 0.480 e. The molecule has 1 aromatic carbocycles. The van der Waals surface area contributed by atoms with Gasteiger partial charge in [-0.15, -0.1) is 0 Å². The van der Waals surface area contributed by atoms with Crippen molar-refractivity contribution >= 4 is 32.7 Å². The number of ether oxygens (including phenoxy) is 3. The fourth-order valence-electron chi connectivity index (χ4n) is 5.64. The Morgan fingerprint density at radius 1 is 1.00 bits per heavy atom. The fourth-order valence-corrected chi connectivity index (χ4v) is 7.20. The summed E-state index contributed by atoms with van der Waals surface area (Å²) in [5, 5.41) is 0.704. The third-order valence-corrected chi connectivity index (χ3v) is 10.0. The van der Waals surface area contributed by atoms with Crippen molar-refractivity contribution in [3.63, 3.8) is 0 Å². The Morgan fingerprint density at radius 3 is 2.39 bits per heavy atom. The first-order chi connectivity index (χ1) is 19.7. The summed E-state index contributed by atoms with van der Waals surface area (Å²) in [6.07, 6.45) is 2.79. The molecule has 0 radical (unpaired) electrons. The van der Waals surface area contributed by atoms with Crippen molar-refractivity contribution in [2.24, 2.45) is 0 Å².